The highest BCUT2D eigenvalue weighted by atomic mass is 35.5. The molecule has 0 saturated carbocycles. The summed E-state index contributed by atoms with van der Waals surface area (Å²) in [6, 6.07) is 8.00. The molecule has 0 unspecified atom stereocenters. The molecule has 0 aliphatic carbocycles. The maximum absolute atomic E-state index is 6.00. The van der Waals surface area contributed by atoms with Crippen molar-refractivity contribution >= 4 is 34.3 Å². The van der Waals surface area contributed by atoms with Crippen molar-refractivity contribution in [2.75, 3.05) is 17.6 Å². The minimum atomic E-state index is 0.701. The number of nitrogen functional groups attached to an aromatic ring is 1. The van der Waals surface area contributed by atoms with Crippen molar-refractivity contribution in [2.24, 2.45) is 0 Å². The van der Waals surface area contributed by atoms with Crippen molar-refractivity contribution in [1.82, 2.24) is 0 Å². The first-order valence-electron chi connectivity index (χ1n) is 5.48. The van der Waals surface area contributed by atoms with Gasteiger partial charge in [0.15, 0.2) is 0 Å². The summed E-state index contributed by atoms with van der Waals surface area (Å²) in [6.07, 6.45) is 1.01. The van der Waals surface area contributed by atoms with E-state index in [1.807, 2.05) is 13.0 Å². The number of hydrogen-bond donors (Lipinski definition) is 2. The molecule has 3 N–H and O–H groups in total. The summed E-state index contributed by atoms with van der Waals surface area (Å²) < 4.78 is 0. The topological polar surface area (TPSA) is 38.0 Å². The van der Waals surface area contributed by atoms with E-state index in [9.17, 15) is 0 Å². The lowest BCUT2D eigenvalue weighted by atomic mass is 10.2. The van der Waals surface area contributed by atoms with Crippen molar-refractivity contribution in [3.05, 3.63) is 45.1 Å². The summed E-state index contributed by atoms with van der Waals surface area (Å²) in [5.74, 6) is 0. The fourth-order valence-electron chi connectivity index (χ4n) is 1.63. The first-order chi connectivity index (χ1) is 8.16. The van der Waals surface area contributed by atoms with Gasteiger partial charge in [-0.1, -0.05) is 17.7 Å². The Kier molecular flexibility index (Phi) is 3.92. The van der Waals surface area contributed by atoms with Crippen LogP contribution in [0.15, 0.2) is 29.6 Å². The van der Waals surface area contributed by atoms with Gasteiger partial charge in [-0.25, -0.2) is 0 Å². The van der Waals surface area contributed by atoms with Crippen molar-refractivity contribution in [2.45, 2.75) is 13.3 Å². The monoisotopic (exact) mass is 266 g/mol. The van der Waals surface area contributed by atoms with Crippen LogP contribution in [0.25, 0.3) is 0 Å². The number of hydrogen-bond acceptors (Lipinski definition) is 3. The zero-order chi connectivity index (χ0) is 12.3. The van der Waals surface area contributed by atoms with Crippen LogP contribution in [0.4, 0.5) is 11.4 Å². The largest absolute Gasteiger partial charge is 0.397 e. The molecule has 0 spiro atoms. The van der Waals surface area contributed by atoms with Crippen LogP contribution < -0.4 is 11.1 Å². The van der Waals surface area contributed by atoms with Crippen molar-refractivity contribution in [1.29, 1.82) is 0 Å². The molecule has 1 aromatic heterocycles. The molecule has 0 atom stereocenters. The summed E-state index contributed by atoms with van der Waals surface area (Å²) in [5, 5.41) is 6.15. The fourth-order valence-corrected chi connectivity index (χ4v) is 2.51. The Labute approximate surface area is 110 Å². The molecule has 0 radical (unpaired) electrons. The normalized spacial score (nSPS) is 10.5. The van der Waals surface area contributed by atoms with Gasteiger partial charge < -0.3 is 11.1 Å². The molecular weight excluding hydrogens is 252 g/mol. The highest BCUT2D eigenvalue weighted by molar-refractivity contribution is 7.09. The summed E-state index contributed by atoms with van der Waals surface area (Å²) in [5.41, 5.74) is 8.61. The fraction of sp³-hybridized carbons (Fsp3) is 0.231. The molecule has 2 nitrogen and oxygen atoms in total. The van der Waals surface area contributed by atoms with Gasteiger partial charge in [-0.15, -0.1) is 11.3 Å². The van der Waals surface area contributed by atoms with Gasteiger partial charge in [0.25, 0.3) is 0 Å². The second kappa shape index (κ2) is 5.43. The Balaban J connectivity index is 1.97. The van der Waals surface area contributed by atoms with E-state index in [0.29, 0.717) is 10.7 Å². The van der Waals surface area contributed by atoms with Crippen LogP contribution in [-0.2, 0) is 6.42 Å². The van der Waals surface area contributed by atoms with E-state index < -0.39 is 0 Å². The van der Waals surface area contributed by atoms with Crippen molar-refractivity contribution in [3.8, 4) is 0 Å². The highest BCUT2D eigenvalue weighted by Crippen LogP contribution is 2.26. The number of nitrogens with two attached hydrogens (primary N) is 1. The van der Waals surface area contributed by atoms with Crippen LogP contribution in [0.5, 0.6) is 0 Å². The molecule has 0 aliphatic rings. The van der Waals surface area contributed by atoms with Crippen LogP contribution in [0.3, 0.4) is 0 Å². The molecule has 1 aromatic carbocycles. The summed E-state index contributed by atoms with van der Waals surface area (Å²) >= 11 is 7.77. The van der Waals surface area contributed by atoms with Crippen LogP contribution in [-0.4, -0.2) is 6.54 Å². The van der Waals surface area contributed by atoms with Crippen LogP contribution in [0.2, 0.25) is 5.02 Å². The number of halogens is 1. The van der Waals surface area contributed by atoms with Crippen molar-refractivity contribution in [3.63, 3.8) is 0 Å². The molecule has 0 fully saturated rings. The van der Waals surface area contributed by atoms with Gasteiger partial charge in [-0.2, -0.15) is 0 Å². The number of anilines is 2. The van der Waals surface area contributed by atoms with Gasteiger partial charge in [0.2, 0.25) is 0 Å². The molecule has 0 aliphatic heterocycles. The minimum Gasteiger partial charge on any atom is -0.397 e. The number of thiophene rings is 1. The SMILES string of the molecule is Cc1cc(NCCc2cccs2)c(N)cc1Cl. The number of aryl methyl sites for hydroxylation is 1. The van der Waals surface area contributed by atoms with Gasteiger partial charge in [0.05, 0.1) is 11.4 Å². The van der Waals surface area contributed by atoms with E-state index in [0.717, 1.165) is 24.2 Å². The minimum absolute atomic E-state index is 0.701. The van der Waals surface area contributed by atoms with Crippen molar-refractivity contribution < 1.29 is 0 Å². The quantitative estimate of drug-likeness (QED) is 0.823. The Bertz CT molecular complexity index is 494. The van der Waals surface area contributed by atoms with E-state index >= 15 is 0 Å². The molecule has 1 heterocycles. The zero-order valence-corrected chi connectivity index (χ0v) is 11.2. The lowest BCUT2D eigenvalue weighted by molar-refractivity contribution is 1.04. The van der Waals surface area contributed by atoms with E-state index in [4.69, 9.17) is 17.3 Å². The molecule has 2 rings (SSSR count). The number of nitrogens with one attached hydrogen (secondary N) is 1. The van der Waals surface area contributed by atoms with Crippen LogP contribution >= 0.6 is 22.9 Å². The third-order valence-electron chi connectivity index (χ3n) is 2.60. The maximum atomic E-state index is 6.00. The molecule has 0 amide bonds. The van der Waals surface area contributed by atoms with E-state index in [1.165, 1.54) is 4.88 Å². The predicted molar refractivity (Wildman–Crippen MR) is 77.1 cm³/mol. The first kappa shape index (κ1) is 12.3. The highest BCUT2D eigenvalue weighted by Gasteiger charge is 2.03. The third kappa shape index (κ3) is 3.14. The molecule has 4 heteroatoms. The molecular formula is C13H15ClN2S. The van der Waals surface area contributed by atoms with Gasteiger partial charge in [0.1, 0.15) is 0 Å². The second-order valence-corrected chi connectivity index (χ2v) is 5.38. The van der Waals surface area contributed by atoms with Crippen LogP contribution in [0.1, 0.15) is 10.4 Å². The van der Waals surface area contributed by atoms with E-state index in [1.54, 1.807) is 17.4 Å². The molecule has 17 heavy (non-hydrogen) atoms. The Morgan fingerprint density at radius 1 is 1.41 bits per heavy atom. The average molecular weight is 267 g/mol. The molecule has 90 valence electrons. The van der Waals surface area contributed by atoms with E-state index in [2.05, 4.69) is 22.8 Å². The number of rotatable bonds is 4. The van der Waals surface area contributed by atoms with E-state index in [-0.39, 0.29) is 0 Å². The average Bonchev–Trinajstić information content (AvgIpc) is 2.78. The molecule has 2 aromatic rings. The number of benzene rings is 1. The predicted octanol–water partition coefficient (Wildman–Crippen LogP) is 3.95. The van der Waals surface area contributed by atoms with Gasteiger partial charge in [0, 0.05) is 16.4 Å². The maximum Gasteiger partial charge on any atom is 0.0577 e. The van der Waals surface area contributed by atoms with Gasteiger partial charge in [-0.05, 0) is 42.5 Å². The Morgan fingerprint density at radius 2 is 2.24 bits per heavy atom. The molecule has 0 bridgehead atoms. The van der Waals surface area contributed by atoms with Gasteiger partial charge in [-0.3, -0.25) is 0 Å². The van der Waals surface area contributed by atoms with Crippen LogP contribution in [0, 0.1) is 6.92 Å². The lowest BCUT2D eigenvalue weighted by Gasteiger charge is -2.10. The lowest BCUT2D eigenvalue weighted by Crippen LogP contribution is -2.06. The summed E-state index contributed by atoms with van der Waals surface area (Å²) in [4.78, 5) is 1.38. The zero-order valence-electron chi connectivity index (χ0n) is 9.66. The standard InChI is InChI=1S/C13H15ClN2S/c1-9-7-13(12(15)8-11(9)14)16-5-4-10-3-2-6-17-10/h2-3,6-8,16H,4-5,15H2,1H3. The Hall–Kier alpha value is -1.19. The second-order valence-electron chi connectivity index (χ2n) is 3.94. The first-order valence-corrected chi connectivity index (χ1v) is 6.74. The summed E-state index contributed by atoms with van der Waals surface area (Å²) in [7, 11) is 0. The third-order valence-corrected chi connectivity index (χ3v) is 3.94. The van der Waals surface area contributed by atoms with Gasteiger partial charge >= 0.3 is 0 Å². The Morgan fingerprint density at radius 3 is 2.94 bits per heavy atom. The summed E-state index contributed by atoms with van der Waals surface area (Å²) in [6.45, 7) is 2.86. The molecule has 0 saturated heterocycles. The smallest absolute Gasteiger partial charge is 0.0577 e.